The second-order valence-corrected chi connectivity index (χ2v) is 6.63. The molecule has 0 spiro atoms. The third-order valence-corrected chi connectivity index (χ3v) is 4.62. The van der Waals surface area contributed by atoms with Gasteiger partial charge >= 0.3 is 6.03 Å². The predicted octanol–water partition coefficient (Wildman–Crippen LogP) is 6.23. The largest absolute Gasteiger partial charge is 0.331 e. The van der Waals surface area contributed by atoms with Crippen LogP contribution in [0.4, 0.5) is 10.5 Å². The monoisotopic (exact) mass is 364 g/mol. The molecule has 0 atom stereocenters. The lowest BCUT2D eigenvalue weighted by Gasteiger charge is -2.10. The van der Waals surface area contributed by atoms with Gasteiger partial charge in [-0.1, -0.05) is 55.1 Å². The molecule has 26 heavy (non-hydrogen) atoms. The van der Waals surface area contributed by atoms with Gasteiger partial charge in [0.05, 0.1) is 5.52 Å². The first-order valence-corrected chi connectivity index (χ1v) is 9.15. The van der Waals surface area contributed by atoms with E-state index in [9.17, 15) is 4.79 Å². The van der Waals surface area contributed by atoms with Crippen molar-refractivity contribution < 1.29 is 4.79 Å². The summed E-state index contributed by atoms with van der Waals surface area (Å²) in [6, 6.07) is 15.0. The topological polar surface area (TPSA) is 34.0 Å². The number of carbonyl (C=O) groups excluding carboxylic acids is 1. The second-order valence-electron chi connectivity index (χ2n) is 6.22. The summed E-state index contributed by atoms with van der Waals surface area (Å²) in [6.07, 6.45) is 2.99. The molecular weight excluding hydrogens is 344 g/mol. The Kier molecular flexibility index (Phi) is 5.65. The van der Waals surface area contributed by atoms with Crippen molar-refractivity contribution in [3.63, 3.8) is 0 Å². The number of carbonyl (C=O) groups is 1. The highest BCUT2D eigenvalue weighted by Crippen LogP contribution is 2.23. The van der Waals surface area contributed by atoms with Crippen molar-refractivity contribution in [2.24, 2.45) is 0 Å². The number of rotatable bonds is 3. The minimum Gasteiger partial charge on any atom is -0.307 e. The zero-order valence-corrected chi connectivity index (χ0v) is 15.7. The minimum atomic E-state index is -0.245. The van der Waals surface area contributed by atoms with Gasteiger partial charge in [-0.05, 0) is 49.1 Å². The number of amides is 1. The van der Waals surface area contributed by atoms with Crippen LogP contribution in [0.1, 0.15) is 37.4 Å². The first-order chi connectivity index (χ1) is 12.6. The van der Waals surface area contributed by atoms with E-state index in [1.165, 1.54) is 0 Å². The van der Waals surface area contributed by atoms with E-state index in [-0.39, 0.29) is 6.03 Å². The zero-order valence-electron chi connectivity index (χ0n) is 15.0. The van der Waals surface area contributed by atoms with Gasteiger partial charge in [0.15, 0.2) is 0 Å². The predicted molar refractivity (Wildman–Crippen MR) is 109 cm³/mol. The molecule has 0 aliphatic carbocycles. The van der Waals surface area contributed by atoms with Crippen LogP contribution in [-0.4, -0.2) is 10.6 Å². The maximum atomic E-state index is 12.9. The van der Waals surface area contributed by atoms with E-state index in [1.54, 1.807) is 10.6 Å². The SMILES string of the molecule is CCCCC#Cc1cc2ccccc2n1C(=O)Nc1ccc(C)c(Cl)c1. The molecule has 0 radical (unpaired) electrons. The molecule has 0 saturated carbocycles. The van der Waals surface area contributed by atoms with E-state index in [1.807, 2.05) is 49.4 Å². The fourth-order valence-corrected chi connectivity index (χ4v) is 2.91. The van der Waals surface area contributed by atoms with E-state index in [4.69, 9.17) is 11.6 Å². The number of benzene rings is 2. The van der Waals surface area contributed by atoms with E-state index in [0.717, 1.165) is 35.7 Å². The van der Waals surface area contributed by atoms with Crippen molar-refractivity contribution in [3.8, 4) is 11.8 Å². The smallest absolute Gasteiger partial charge is 0.307 e. The number of unbranched alkanes of at least 4 members (excludes halogenated alkanes) is 2. The lowest BCUT2D eigenvalue weighted by atomic mass is 10.2. The van der Waals surface area contributed by atoms with Gasteiger partial charge in [-0.25, -0.2) is 4.79 Å². The van der Waals surface area contributed by atoms with Crippen molar-refractivity contribution >= 4 is 34.2 Å². The molecule has 1 heterocycles. The molecule has 2 aromatic carbocycles. The van der Waals surface area contributed by atoms with Gasteiger partial charge in [0.2, 0.25) is 0 Å². The van der Waals surface area contributed by atoms with Crippen LogP contribution in [0.2, 0.25) is 5.02 Å². The first-order valence-electron chi connectivity index (χ1n) is 8.77. The van der Waals surface area contributed by atoms with Crippen LogP contribution >= 0.6 is 11.6 Å². The molecule has 3 aromatic rings. The second kappa shape index (κ2) is 8.12. The molecule has 4 heteroatoms. The Balaban J connectivity index is 1.96. The molecule has 1 N–H and O–H groups in total. The number of aryl methyl sites for hydroxylation is 1. The third-order valence-electron chi connectivity index (χ3n) is 4.21. The van der Waals surface area contributed by atoms with Crippen LogP contribution in [0.15, 0.2) is 48.5 Å². The van der Waals surface area contributed by atoms with Gasteiger partial charge in [0.25, 0.3) is 0 Å². The fourth-order valence-electron chi connectivity index (χ4n) is 2.73. The lowest BCUT2D eigenvalue weighted by molar-refractivity contribution is 0.254. The molecule has 3 rings (SSSR count). The first kappa shape index (κ1) is 18.1. The van der Waals surface area contributed by atoms with Crippen LogP contribution in [0.25, 0.3) is 10.9 Å². The Morgan fingerprint density at radius 2 is 2.00 bits per heavy atom. The van der Waals surface area contributed by atoms with Gasteiger partial charge in [0.1, 0.15) is 5.69 Å². The van der Waals surface area contributed by atoms with Gasteiger partial charge < -0.3 is 5.32 Å². The average molecular weight is 365 g/mol. The van der Waals surface area contributed by atoms with E-state index < -0.39 is 0 Å². The Hall–Kier alpha value is -2.70. The fraction of sp³-hybridized carbons (Fsp3) is 0.227. The third kappa shape index (κ3) is 3.92. The summed E-state index contributed by atoms with van der Waals surface area (Å²) in [5, 5.41) is 4.53. The summed E-state index contributed by atoms with van der Waals surface area (Å²) in [7, 11) is 0. The van der Waals surface area contributed by atoms with Crippen LogP contribution in [-0.2, 0) is 0 Å². The van der Waals surface area contributed by atoms with E-state index in [2.05, 4.69) is 24.1 Å². The van der Waals surface area contributed by atoms with Crippen molar-refractivity contribution in [2.45, 2.75) is 33.1 Å². The Morgan fingerprint density at radius 1 is 1.19 bits per heavy atom. The molecule has 1 amide bonds. The average Bonchev–Trinajstić information content (AvgIpc) is 3.00. The summed E-state index contributed by atoms with van der Waals surface area (Å²) in [5.41, 5.74) is 3.16. The van der Waals surface area contributed by atoms with Gasteiger partial charge in [-0.15, -0.1) is 0 Å². The normalized spacial score (nSPS) is 10.4. The van der Waals surface area contributed by atoms with Gasteiger partial charge in [-0.3, -0.25) is 4.57 Å². The standard InChI is InChI=1S/C22H21ClN2O/c1-3-4-5-6-10-19-14-17-9-7-8-11-21(17)25(19)22(26)24-18-13-12-16(2)20(23)15-18/h7-9,11-15H,3-5H2,1-2H3,(H,24,26). The lowest BCUT2D eigenvalue weighted by Crippen LogP contribution is -2.20. The van der Waals surface area contributed by atoms with Crippen molar-refractivity contribution in [1.29, 1.82) is 0 Å². The number of nitrogens with one attached hydrogen (secondary N) is 1. The molecule has 0 fully saturated rings. The maximum Gasteiger partial charge on any atom is 0.331 e. The Bertz CT molecular complexity index is 1010. The van der Waals surface area contributed by atoms with Crippen LogP contribution < -0.4 is 5.32 Å². The molecule has 0 bridgehead atoms. The summed E-state index contributed by atoms with van der Waals surface area (Å²) < 4.78 is 1.63. The number of fused-ring (bicyclic) bond motifs is 1. The zero-order chi connectivity index (χ0) is 18.5. The van der Waals surface area contributed by atoms with Gasteiger partial charge in [0, 0.05) is 22.5 Å². The van der Waals surface area contributed by atoms with Gasteiger partial charge in [-0.2, -0.15) is 0 Å². The Morgan fingerprint density at radius 3 is 2.77 bits per heavy atom. The summed E-state index contributed by atoms with van der Waals surface area (Å²) in [4.78, 5) is 12.9. The summed E-state index contributed by atoms with van der Waals surface area (Å²) in [6.45, 7) is 4.07. The highest BCUT2D eigenvalue weighted by molar-refractivity contribution is 6.31. The number of nitrogens with zero attached hydrogens (tertiary/aromatic N) is 1. The van der Waals surface area contributed by atoms with Crippen molar-refractivity contribution in [3.05, 3.63) is 64.8 Å². The number of halogens is 1. The molecule has 0 aliphatic heterocycles. The quantitative estimate of drug-likeness (QED) is 0.434. The minimum absolute atomic E-state index is 0.245. The molecule has 0 saturated heterocycles. The van der Waals surface area contributed by atoms with Crippen molar-refractivity contribution in [2.75, 3.05) is 5.32 Å². The van der Waals surface area contributed by atoms with Crippen LogP contribution in [0, 0.1) is 18.8 Å². The van der Waals surface area contributed by atoms with Crippen LogP contribution in [0.5, 0.6) is 0 Å². The molecule has 132 valence electrons. The number of para-hydroxylation sites is 1. The summed E-state index contributed by atoms with van der Waals surface area (Å²) in [5.74, 6) is 6.32. The molecule has 0 unspecified atom stereocenters. The molecule has 1 aromatic heterocycles. The summed E-state index contributed by atoms with van der Waals surface area (Å²) >= 11 is 6.17. The molecular formula is C22H21ClN2O. The van der Waals surface area contributed by atoms with Crippen LogP contribution in [0.3, 0.4) is 0 Å². The van der Waals surface area contributed by atoms with E-state index in [0.29, 0.717) is 16.4 Å². The Labute approximate surface area is 159 Å². The van der Waals surface area contributed by atoms with Crippen molar-refractivity contribution in [1.82, 2.24) is 4.57 Å². The number of hydrogen-bond acceptors (Lipinski definition) is 1. The molecule has 3 nitrogen and oxygen atoms in total. The number of hydrogen-bond donors (Lipinski definition) is 1. The number of aromatic nitrogens is 1. The maximum absolute atomic E-state index is 12.9. The molecule has 0 aliphatic rings. The highest BCUT2D eigenvalue weighted by Gasteiger charge is 2.14. The highest BCUT2D eigenvalue weighted by atomic mass is 35.5. The number of anilines is 1. The van der Waals surface area contributed by atoms with E-state index >= 15 is 0 Å².